The van der Waals surface area contributed by atoms with Gasteiger partial charge in [-0.2, -0.15) is 4.31 Å². The molecule has 3 rings (SSSR count). The third-order valence-corrected chi connectivity index (χ3v) is 6.70. The highest BCUT2D eigenvalue weighted by Crippen LogP contribution is 2.25. The predicted molar refractivity (Wildman–Crippen MR) is 113 cm³/mol. The summed E-state index contributed by atoms with van der Waals surface area (Å²) in [5, 5.41) is 13.2. The molecule has 1 saturated heterocycles. The Hall–Kier alpha value is -3.06. The van der Waals surface area contributed by atoms with Gasteiger partial charge in [0.2, 0.25) is 10.0 Å². The van der Waals surface area contributed by atoms with E-state index in [9.17, 15) is 28.1 Å². The number of nitro groups is 1. The molecule has 13 heteroatoms. The number of esters is 1. The van der Waals surface area contributed by atoms with Crippen molar-refractivity contribution in [2.45, 2.75) is 4.90 Å². The van der Waals surface area contributed by atoms with Crippen molar-refractivity contribution in [2.75, 3.05) is 38.2 Å². The minimum atomic E-state index is -3.88. The lowest BCUT2D eigenvalue weighted by molar-refractivity contribution is -0.383. The molecule has 0 bridgehead atoms. The van der Waals surface area contributed by atoms with Gasteiger partial charge in [-0.25, -0.2) is 13.2 Å². The Bertz CT molecular complexity index is 1150. The molecule has 0 unspecified atom stereocenters. The quantitative estimate of drug-likeness (QED) is 0.358. The van der Waals surface area contributed by atoms with Crippen LogP contribution in [0.5, 0.6) is 0 Å². The van der Waals surface area contributed by atoms with E-state index in [1.807, 2.05) is 0 Å². The maximum absolute atomic E-state index is 12.8. The van der Waals surface area contributed by atoms with E-state index >= 15 is 0 Å². The van der Waals surface area contributed by atoms with Crippen molar-refractivity contribution in [3.05, 3.63) is 63.2 Å². The molecule has 2 aromatic carbocycles. The van der Waals surface area contributed by atoms with Crippen molar-refractivity contribution < 1.29 is 32.4 Å². The van der Waals surface area contributed by atoms with Crippen molar-refractivity contribution in [1.29, 1.82) is 0 Å². The second kappa shape index (κ2) is 10.0. The number of anilines is 1. The lowest BCUT2D eigenvalue weighted by atomic mass is 10.2. The van der Waals surface area contributed by atoms with Crippen LogP contribution in [0.2, 0.25) is 5.02 Å². The maximum Gasteiger partial charge on any atom is 0.340 e. The molecule has 0 spiro atoms. The number of rotatable bonds is 7. The molecule has 1 aliphatic rings. The fourth-order valence-corrected chi connectivity index (χ4v) is 4.52. The van der Waals surface area contributed by atoms with E-state index in [1.165, 1.54) is 40.7 Å². The first-order valence-corrected chi connectivity index (χ1v) is 11.1. The van der Waals surface area contributed by atoms with Crippen LogP contribution < -0.4 is 5.32 Å². The number of nitrogens with zero attached hydrogens (tertiary/aromatic N) is 2. The molecule has 32 heavy (non-hydrogen) atoms. The van der Waals surface area contributed by atoms with Crippen molar-refractivity contribution in [3.8, 4) is 0 Å². The zero-order valence-electron chi connectivity index (χ0n) is 16.5. The van der Waals surface area contributed by atoms with Gasteiger partial charge in [-0.1, -0.05) is 23.7 Å². The van der Waals surface area contributed by atoms with Gasteiger partial charge in [-0.05, 0) is 24.3 Å². The van der Waals surface area contributed by atoms with E-state index in [1.54, 1.807) is 0 Å². The zero-order valence-corrected chi connectivity index (χ0v) is 18.1. The highest BCUT2D eigenvalue weighted by molar-refractivity contribution is 7.89. The number of amides is 1. The Morgan fingerprint density at radius 1 is 1.19 bits per heavy atom. The third-order valence-electron chi connectivity index (χ3n) is 4.47. The summed E-state index contributed by atoms with van der Waals surface area (Å²) in [6.07, 6.45) is 0. The Morgan fingerprint density at radius 2 is 1.88 bits per heavy atom. The van der Waals surface area contributed by atoms with Crippen molar-refractivity contribution in [2.24, 2.45) is 0 Å². The van der Waals surface area contributed by atoms with E-state index in [2.05, 4.69) is 5.32 Å². The van der Waals surface area contributed by atoms with Gasteiger partial charge in [-0.3, -0.25) is 14.9 Å². The number of carbonyl (C=O) groups is 2. The maximum atomic E-state index is 12.8. The fraction of sp³-hybridized carbons (Fsp3) is 0.263. The van der Waals surface area contributed by atoms with Gasteiger partial charge in [0, 0.05) is 19.2 Å². The number of nitrogens with one attached hydrogen (secondary N) is 1. The number of carbonyl (C=O) groups excluding carboxylic acids is 2. The molecule has 1 aliphatic heterocycles. The summed E-state index contributed by atoms with van der Waals surface area (Å²) in [6, 6.07) is 9.07. The molecular formula is C19H18ClN3O8S. The molecule has 0 radical (unpaired) electrons. The second-order valence-electron chi connectivity index (χ2n) is 6.56. The van der Waals surface area contributed by atoms with E-state index in [0.717, 1.165) is 6.07 Å². The highest BCUT2D eigenvalue weighted by Gasteiger charge is 2.28. The number of hydrogen-bond donors (Lipinski definition) is 1. The Labute approximate surface area is 188 Å². The molecule has 0 aromatic heterocycles. The minimum absolute atomic E-state index is 0.0600. The van der Waals surface area contributed by atoms with Gasteiger partial charge in [0.05, 0.1) is 33.6 Å². The second-order valence-corrected chi connectivity index (χ2v) is 8.90. The van der Waals surface area contributed by atoms with Crippen molar-refractivity contribution >= 4 is 44.9 Å². The predicted octanol–water partition coefficient (Wildman–Crippen LogP) is 2.06. The normalized spacial score (nSPS) is 14.5. The number of benzene rings is 2. The van der Waals surface area contributed by atoms with Gasteiger partial charge in [-0.15, -0.1) is 0 Å². The van der Waals surface area contributed by atoms with Gasteiger partial charge in [0.25, 0.3) is 11.6 Å². The van der Waals surface area contributed by atoms with Crippen LogP contribution in [-0.4, -0.2) is 62.4 Å². The third kappa shape index (κ3) is 5.40. The van der Waals surface area contributed by atoms with E-state index in [0.29, 0.717) is 0 Å². The lowest BCUT2D eigenvalue weighted by Crippen LogP contribution is -2.40. The summed E-state index contributed by atoms with van der Waals surface area (Å²) in [5.74, 6) is -1.84. The average molecular weight is 484 g/mol. The number of hydrogen-bond acceptors (Lipinski definition) is 8. The SMILES string of the molecule is O=C(COC(=O)c1cc(S(=O)(=O)N2CCOCC2)ccc1Cl)Nc1ccccc1[N+](=O)[O-]. The van der Waals surface area contributed by atoms with Crippen LogP contribution in [0.15, 0.2) is 47.4 Å². The van der Waals surface area contributed by atoms with Crippen LogP contribution in [0.25, 0.3) is 0 Å². The van der Waals surface area contributed by atoms with E-state index in [-0.39, 0.29) is 53.2 Å². The van der Waals surface area contributed by atoms with Crippen molar-refractivity contribution in [3.63, 3.8) is 0 Å². The van der Waals surface area contributed by atoms with E-state index in [4.69, 9.17) is 21.1 Å². The topological polar surface area (TPSA) is 145 Å². The molecule has 0 saturated carbocycles. The number of ether oxygens (including phenoxy) is 2. The van der Waals surface area contributed by atoms with Crippen LogP contribution in [0, 0.1) is 10.1 Å². The first kappa shape index (κ1) is 23.6. The van der Waals surface area contributed by atoms with Gasteiger partial charge >= 0.3 is 5.97 Å². The molecular weight excluding hydrogens is 466 g/mol. The monoisotopic (exact) mass is 483 g/mol. The Balaban J connectivity index is 1.69. The molecule has 1 amide bonds. The van der Waals surface area contributed by atoms with Gasteiger partial charge in [0.15, 0.2) is 6.61 Å². The highest BCUT2D eigenvalue weighted by atomic mass is 35.5. The van der Waals surface area contributed by atoms with Crippen LogP contribution >= 0.6 is 11.6 Å². The number of sulfonamides is 1. The molecule has 170 valence electrons. The van der Waals surface area contributed by atoms with Crippen molar-refractivity contribution in [1.82, 2.24) is 4.31 Å². The number of morpholine rings is 1. The molecule has 2 aromatic rings. The number of para-hydroxylation sites is 2. The summed E-state index contributed by atoms with van der Waals surface area (Å²) in [4.78, 5) is 34.7. The van der Waals surface area contributed by atoms with Crippen LogP contribution in [-0.2, 0) is 24.3 Å². The van der Waals surface area contributed by atoms with Crippen LogP contribution in [0.1, 0.15) is 10.4 Å². The van der Waals surface area contributed by atoms with Gasteiger partial charge in [0.1, 0.15) is 5.69 Å². The number of halogens is 1. The van der Waals surface area contributed by atoms with Gasteiger partial charge < -0.3 is 14.8 Å². The Kier molecular flexibility index (Phi) is 7.40. The largest absolute Gasteiger partial charge is 0.452 e. The number of nitro benzene ring substituents is 1. The fourth-order valence-electron chi connectivity index (χ4n) is 2.89. The average Bonchev–Trinajstić information content (AvgIpc) is 2.78. The zero-order chi connectivity index (χ0) is 23.3. The first-order chi connectivity index (χ1) is 15.2. The first-order valence-electron chi connectivity index (χ1n) is 9.28. The smallest absolute Gasteiger partial charge is 0.340 e. The van der Waals surface area contributed by atoms with Crippen LogP contribution in [0.3, 0.4) is 0 Å². The summed E-state index contributed by atoms with van der Waals surface area (Å²) in [5.41, 5.74) is -0.620. The van der Waals surface area contributed by atoms with E-state index < -0.39 is 33.4 Å². The summed E-state index contributed by atoms with van der Waals surface area (Å²) in [6.45, 7) is 0.113. The Morgan fingerprint density at radius 3 is 2.56 bits per heavy atom. The standard InChI is InChI=1S/C19H18ClN3O8S/c20-15-6-5-13(32(28,29)22-7-9-30-10-8-22)11-14(15)19(25)31-12-18(24)21-16-3-1-2-4-17(16)23(26)27/h1-6,11H,7-10,12H2,(H,21,24). The molecule has 1 N–H and O–H groups in total. The lowest BCUT2D eigenvalue weighted by Gasteiger charge is -2.26. The van der Waals surface area contributed by atoms with Crippen LogP contribution in [0.4, 0.5) is 11.4 Å². The molecule has 11 nitrogen and oxygen atoms in total. The molecule has 0 aliphatic carbocycles. The molecule has 0 atom stereocenters. The summed E-state index contributed by atoms with van der Waals surface area (Å²) >= 11 is 6.02. The summed E-state index contributed by atoms with van der Waals surface area (Å²) in [7, 11) is -3.88. The molecule has 1 heterocycles. The molecule has 1 fully saturated rings. The minimum Gasteiger partial charge on any atom is -0.452 e. The summed E-state index contributed by atoms with van der Waals surface area (Å²) < 4.78 is 36.9.